The predicted molar refractivity (Wildman–Crippen MR) is 63.3 cm³/mol. The highest BCUT2D eigenvalue weighted by molar-refractivity contribution is 6.16. The largest absolute Gasteiger partial charge is 0.496 e. The minimum atomic E-state index is -0.102. The van der Waals surface area contributed by atoms with Crippen LogP contribution in [0.3, 0.4) is 0 Å². The van der Waals surface area contributed by atoms with Gasteiger partial charge < -0.3 is 9.15 Å². The van der Waals surface area contributed by atoms with Gasteiger partial charge in [0.15, 0.2) is 5.43 Å². The SMILES string of the molecule is COc1cc2c(=O)cc(CCl)oc2cc1C. The first-order chi connectivity index (χ1) is 7.65. The number of methoxy groups -OCH3 is 1. The van der Waals surface area contributed by atoms with Crippen molar-refractivity contribution in [1.82, 2.24) is 0 Å². The molecule has 1 aromatic heterocycles. The Kier molecular flexibility index (Phi) is 2.88. The van der Waals surface area contributed by atoms with Crippen LogP contribution < -0.4 is 10.2 Å². The number of hydrogen-bond acceptors (Lipinski definition) is 3. The summed E-state index contributed by atoms with van der Waals surface area (Å²) in [5, 5.41) is 0.510. The summed E-state index contributed by atoms with van der Waals surface area (Å²) in [6.07, 6.45) is 0. The smallest absolute Gasteiger partial charge is 0.193 e. The van der Waals surface area contributed by atoms with Crippen LogP contribution in [-0.2, 0) is 5.88 Å². The molecule has 0 fully saturated rings. The van der Waals surface area contributed by atoms with Gasteiger partial charge in [-0.25, -0.2) is 0 Å². The van der Waals surface area contributed by atoms with E-state index in [0.717, 1.165) is 5.56 Å². The molecule has 0 aliphatic carbocycles. The fourth-order valence-electron chi connectivity index (χ4n) is 1.62. The van der Waals surface area contributed by atoms with Crippen molar-refractivity contribution in [3.63, 3.8) is 0 Å². The zero-order valence-corrected chi connectivity index (χ0v) is 9.80. The summed E-state index contributed by atoms with van der Waals surface area (Å²) >= 11 is 5.64. The zero-order valence-electron chi connectivity index (χ0n) is 9.04. The van der Waals surface area contributed by atoms with E-state index in [4.69, 9.17) is 20.8 Å². The molecule has 0 N–H and O–H groups in total. The maximum absolute atomic E-state index is 11.8. The van der Waals surface area contributed by atoms with Gasteiger partial charge in [-0.2, -0.15) is 0 Å². The Morgan fingerprint density at radius 2 is 2.12 bits per heavy atom. The molecule has 0 saturated heterocycles. The highest BCUT2D eigenvalue weighted by Crippen LogP contribution is 2.24. The summed E-state index contributed by atoms with van der Waals surface area (Å²) in [4.78, 5) is 11.8. The van der Waals surface area contributed by atoms with Crippen molar-refractivity contribution in [1.29, 1.82) is 0 Å². The third kappa shape index (κ3) is 1.78. The Hall–Kier alpha value is -1.48. The van der Waals surface area contributed by atoms with Gasteiger partial charge in [-0.15, -0.1) is 11.6 Å². The lowest BCUT2D eigenvalue weighted by Crippen LogP contribution is -2.02. The molecule has 0 unspecified atom stereocenters. The number of hydrogen-bond donors (Lipinski definition) is 0. The normalized spacial score (nSPS) is 10.7. The predicted octanol–water partition coefficient (Wildman–Crippen LogP) is 2.85. The maximum atomic E-state index is 11.8. The van der Waals surface area contributed by atoms with E-state index in [1.807, 2.05) is 6.92 Å². The van der Waals surface area contributed by atoms with Crippen molar-refractivity contribution in [3.8, 4) is 5.75 Å². The fourth-order valence-corrected chi connectivity index (χ4v) is 1.75. The number of rotatable bonds is 2. The number of benzene rings is 1. The van der Waals surface area contributed by atoms with E-state index in [0.29, 0.717) is 22.5 Å². The first-order valence-corrected chi connectivity index (χ1v) is 5.36. The van der Waals surface area contributed by atoms with Gasteiger partial charge >= 0.3 is 0 Å². The van der Waals surface area contributed by atoms with Gasteiger partial charge in [0.1, 0.15) is 17.1 Å². The summed E-state index contributed by atoms with van der Waals surface area (Å²) in [6, 6.07) is 4.88. The van der Waals surface area contributed by atoms with Gasteiger partial charge in [0, 0.05) is 6.07 Å². The molecule has 2 rings (SSSR count). The third-order valence-electron chi connectivity index (χ3n) is 2.43. The first kappa shape index (κ1) is 11.0. The standard InChI is InChI=1S/C12H11ClO3/c1-7-3-12-9(5-11(7)15-2)10(14)4-8(6-13)16-12/h3-5H,6H2,1-2H3. The van der Waals surface area contributed by atoms with Crippen LogP contribution in [0.2, 0.25) is 0 Å². The van der Waals surface area contributed by atoms with Crippen LogP contribution in [0.15, 0.2) is 27.4 Å². The highest BCUT2D eigenvalue weighted by Gasteiger charge is 2.08. The van der Waals surface area contributed by atoms with Crippen LogP contribution in [-0.4, -0.2) is 7.11 Å². The van der Waals surface area contributed by atoms with Gasteiger partial charge in [-0.05, 0) is 24.6 Å². The Balaban J connectivity index is 2.80. The van der Waals surface area contributed by atoms with Crippen LogP contribution in [0.5, 0.6) is 5.75 Å². The molecule has 0 spiro atoms. The quantitative estimate of drug-likeness (QED) is 0.756. The van der Waals surface area contributed by atoms with Crippen LogP contribution in [0.4, 0.5) is 0 Å². The Labute approximate surface area is 97.6 Å². The minimum absolute atomic E-state index is 0.102. The zero-order chi connectivity index (χ0) is 11.7. The van der Waals surface area contributed by atoms with E-state index in [-0.39, 0.29) is 11.3 Å². The molecule has 0 amide bonds. The van der Waals surface area contributed by atoms with Crippen LogP contribution >= 0.6 is 11.6 Å². The number of alkyl halides is 1. The molecule has 16 heavy (non-hydrogen) atoms. The lowest BCUT2D eigenvalue weighted by Gasteiger charge is -2.06. The van der Waals surface area contributed by atoms with Gasteiger partial charge in [-0.1, -0.05) is 0 Å². The molecular weight excluding hydrogens is 228 g/mol. The lowest BCUT2D eigenvalue weighted by atomic mass is 10.1. The second kappa shape index (κ2) is 4.18. The third-order valence-corrected chi connectivity index (χ3v) is 2.69. The molecule has 0 bridgehead atoms. The van der Waals surface area contributed by atoms with Crippen LogP contribution in [0.25, 0.3) is 11.0 Å². The van der Waals surface area contributed by atoms with E-state index in [1.165, 1.54) is 6.07 Å². The van der Waals surface area contributed by atoms with E-state index in [2.05, 4.69) is 0 Å². The minimum Gasteiger partial charge on any atom is -0.496 e. The number of halogens is 1. The van der Waals surface area contributed by atoms with Crippen molar-refractivity contribution < 1.29 is 9.15 Å². The Bertz CT molecular complexity index is 587. The fraction of sp³-hybridized carbons (Fsp3) is 0.250. The molecule has 4 heteroatoms. The molecule has 1 aromatic carbocycles. The molecular formula is C12H11ClO3. The van der Waals surface area contributed by atoms with Crippen LogP contribution in [0, 0.1) is 6.92 Å². The number of ether oxygens (including phenoxy) is 1. The average molecular weight is 239 g/mol. The molecule has 3 nitrogen and oxygen atoms in total. The second-order valence-corrected chi connectivity index (χ2v) is 3.80. The van der Waals surface area contributed by atoms with E-state index < -0.39 is 0 Å². The van der Waals surface area contributed by atoms with Crippen molar-refractivity contribution in [2.75, 3.05) is 7.11 Å². The van der Waals surface area contributed by atoms with E-state index in [9.17, 15) is 4.79 Å². The molecule has 0 radical (unpaired) electrons. The van der Waals surface area contributed by atoms with Crippen molar-refractivity contribution in [2.45, 2.75) is 12.8 Å². The van der Waals surface area contributed by atoms with Gasteiger partial charge in [0.05, 0.1) is 18.4 Å². The Morgan fingerprint density at radius 3 is 2.75 bits per heavy atom. The van der Waals surface area contributed by atoms with Gasteiger partial charge in [-0.3, -0.25) is 4.79 Å². The first-order valence-electron chi connectivity index (χ1n) is 4.83. The summed E-state index contributed by atoms with van der Waals surface area (Å²) < 4.78 is 10.6. The molecule has 1 heterocycles. The Morgan fingerprint density at radius 1 is 1.38 bits per heavy atom. The van der Waals surface area contributed by atoms with Crippen molar-refractivity contribution >= 4 is 22.6 Å². The molecule has 84 valence electrons. The van der Waals surface area contributed by atoms with E-state index >= 15 is 0 Å². The maximum Gasteiger partial charge on any atom is 0.193 e. The monoisotopic (exact) mass is 238 g/mol. The second-order valence-electron chi connectivity index (χ2n) is 3.53. The van der Waals surface area contributed by atoms with E-state index in [1.54, 1.807) is 19.2 Å². The molecule has 0 aliphatic heterocycles. The summed E-state index contributed by atoms with van der Waals surface area (Å²) in [5.41, 5.74) is 1.36. The van der Waals surface area contributed by atoms with Gasteiger partial charge in [0.2, 0.25) is 0 Å². The van der Waals surface area contributed by atoms with Crippen molar-refractivity contribution in [3.05, 3.63) is 39.7 Å². The summed E-state index contributed by atoms with van der Waals surface area (Å²) in [5.74, 6) is 1.35. The lowest BCUT2D eigenvalue weighted by molar-refractivity contribution is 0.412. The van der Waals surface area contributed by atoms with Crippen LogP contribution in [0.1, 0.15) is 11.3 Å². The molecule has 0 atom stereocenters. The number of fused-ring (bicyclic) bond motifs is 1. The highest BCUT2D eigenvalue weighted by atomic mass is 35.5. The molecule has 0 saturated carbocycles. The van der Waals surface area contributed by atoms with Gasteiger partial charge in [0.25, 0.3) is 0 Å². The summed E-state index contributed by atoms with van der Waals surface area (Å²) in [7, 11) is 1.57. The summed E-state index contributed by atoms with van der Waals surface area (Å²) in [6.45, 7) is 1.89. The van der Waals surface area contributed by atoms with Crippen molar-refractivity contribution in [2.24, 2.45) is 0 Å². The molecule has 0 aliphatic rings. The average Bonchev–Trinajstić information content (AvgIpc) is 2.28. The topological polar surface area (TPSA) is 39.4 Å². The molecule has 2 aromatic rings. The number of aryl methyl sites for hydroxylation is 1.